The first-order valence-electron chi connectivity index (χ1n) is 5.65. The molecule has 0 spiro atoms. The summed E-state index contributed by atoms with van der Waals surface area (Å²) in [6.07, 6.45) is 0.126. The van der Waals surface area contributed by atoms with E-state index < -0.39 is 0 Å². The van der Waals surface area contributed by atoms with E-state index in [1.807, 2.05) is 12.1 Å². The van der Waals surface area contributed by atoms with E-state index in [9.17, 15) is 4.79 Å². The molecule has 2 aromatic carbocycles. The summed E-state index contributed by atoms with van der Waals surface area (Å²) < 4.78 is 1.72. The molecular formula is C14H9Br2Cl2NO. The zero-order valence-corrected chi connectivity index (χ0v) is 14.8. The Labute approximate surface area is 143 Å². The van der Waals surface area contributed by atoms with Crippen molar-refractivity contribution in [3.63, 3.8) is 0 Å². The zero-order valence-electron chi connectivity index (χ0n) is 10.1. The number of amides is 1. The number of halogens is 4. The van der Waals surface area contributed by atoms with Crippen LogP contribution in [-0.2, 0) is 11.2 Å². The molecule has 104 valence electrons. The third-order valence-corrected chi connectivity index (χ3v) is 4.46. The second kappa shape index (κ2) is 6.94. The fraction of sp³-hybridized carbons (Fsp3) is 0.0714. The molecule has 0 aliphatic heterocycles. The average Bonchev–Trinajstić information content (AvgIpc) is 2.37. The van der Waals surface area contributed by atoms with Crippen molar-refractivity contribution in [1.29, 1.82) is 0 Å². The zero-order chi connectivity index (χ0) is 14.7. The van der Waals surface area contributed by atoms with E-state index in [0.29, 0.717) is 21.3 Å². The van der Waals surface area contributed by atoms with Gasteiger partial charge in [-0.2, -0.15) is 0 Å². The van der Waals surface area contributed by atoms with Crippen LogP contribution in [0.2, 0.25) is 10.0 Å². The molecule has 20 heavy (non-hydrogen) atoms. The van der Waals surface area contributed by atoms with Crippen molar-refractivity contribution in [3.05, 3.63) is 61.0 Å². The maximum absolute atomic E-state index is 12.1. The van der Waals surface area contributed by atoms with Crippen molar-refractivity contribution < 1.29 is 4.79 Å². The van der Waals surface area contributed by atoms with Crippen LogP contribution in [0.1, 0.15) is 5.56 Å². The third kappa shape index (κ3) is 3.98. The Bertz CT molecular complexity index is 641. The molecule has 0 aliphatic carbocycles. The molecule has 1 amide bonds. The van der Waals surface area contributed by atoms with Crippen LogP contribution in [0.15, 0.2) is 45.3 Å². The smallest absolute Gasteiger partial charge is 0.228 e. The SMILES string of the molecule is O=C(Cc1c(Cl)cccc1Cl)Nc1ccc(Br)cc1Br. The molecule has 0 radical (unpaired) electrons. The Morgan fingerprint density at radius 2 is 1.75 bits per heavy atom. The molecule has 1 N–H and O–H groups in total. The van der Waals surface area contributed by atoms with Crippen LogP contribution in [0.4, 0.5) is 5.69 Å². The first kappa shape index (κ1) is 15.8. The lowest BCUT2D eigenvalue weighted by molar-refractivity contribution is -0.115. The second-order valence-corrected chi connectivity index (χ2v) is 6.63. The molecule has 0 bridgehead atoms. The van der Waals surface area contributed by atoms with Gasteiger partial charge in [-0.3, -0.25) is 4.79 Å². The predicted octanol–water partition coefficient (Wildman–Crippen LogP) is 5.70. The largest absolute Gasteiger partial charge is 0.325 e. The van der Waals surface area contributed by atoms with Gasteiger partial charge in [-0.05, 0) is 51.8 Å². The highest BCUT2D eigenvalue weighted by Crippen LogP contribution is 2.28. The fourth-order valence-corrected chi connectivity index (χ4v) is 3.32. The molecule has 0 unspecified atom stereocenters. The van der Waals surface area contributed by atoms with E-state index in [0.717, 1.165) is 8.95 Å². The summed E-state index contributed by atoms with van der Waals surface area (Å²) in [5.74, 6) is -0.178. The quantitative estimate of drug-likeness (QED) is 0.655. The van der Waals surface area contributed by atoms with Crippen molar-refractivity contribution in [1.82, 2.24) is 0 Å². The highest BCUT2D eigenvalue weighted by molar-refractivity contribution is 9.11. The van der Waals surface area contributed by atoms with E-state index in [1.54, 1.807) is 24.3 Å². The summed E-state index contributed by atoms with van der Waals surface area (Å²) >= 11 is 18.8. The van der Waals surface area contributed by atoms with Crippen LogP contribution in [-0.4, -0.2) is 5.91 Å². The van der Waals surface area contributed by atoms with Crippen LogP contribution < -0.4 is 5.32 Å². The molecule has 0 heterocycles. The van der Waals surface area contributed by atoms with Gasteiger partial charge in [0.15, 0.2) is 0 Å². The van der Waals surface area contributed by atoms with Crippen LogP contribution in [0.25, 0.3) is 0 Å². The lowest BCUT2D eigenvalue weighted by atomic mass is 10.1. The van der Waals surface area contributed by atoms with Crippen LogP contribution in [0.5, 0.6) is 0 Å². The first-order valence-corrected chi connectivity index (χ1v) is 7.99. The third-order valence-electron chi connectivity index (χ3n) is 2.60. The Morgan fingerprint density at radius 3 is 2.35 bits per heavy atom. The molecule has 0 atom stereocenters. The van der Waals surface area contributed by atoms with Gasteiger partial charge in [-0.15, -0.1) is 0 Å². The average molecular weight is 438 g/mol. The maximum atomic E-state index is 12.1. The number of hydrogen-bond acceptors (Lipinski definition) is 1. The Balaban J connectivity index is 2.13. The lowest BCUT2D eigenvalue weighted by Crippen LogP contribution is -2.15. The van der Waals surface area contributed by atoms with Crippen molar-refractivity contribution >= 4 is 66.7 Å². The van der Waals surface area contributed by atoms with E-state index in [2.05, 4.69) is 37.2 Å². The summed E-state index contributed by atoms with van der Waals surface area (Å²) in [5, 5.41) is 3.79. The molecule has 2 aromatic rings. The molecule has 6 heteroatoms. The van der Waals surface area contributed by atoms with Crippen molar-refractivity contribution in [2.45, 2.75) is 6.42 Å². The van der Waals surface area contributed by atoms with Crippen molar-refractivity contribution in [2.75, 3.05) is 5.32 Å². The molecule has 0 fully saturated rings. The Kier molecular flexibility index (Phi) is 5.49. The number of rotatable bonds is 3. The number of carbonyl (C=O) groups excluding carboxylic acids is 1. The second-order valence-electron chi connectivity index (χ2n) is 4.05. The van der Waals surface area contributed by atoms with Crippen molar-refractivity contribution in [2.24, 2.45) is 0 Å². The maximum Gasteiger partial charge on any atom is 0.228 e. The summed E-state index contributed by atoms with van der Waals surface area (Å²) in [6.45, 7) is 0. The van der Waals surface area contributed by atoms with E-state index in [1.165, 1.54) is 0 Å². The van der Waals surface area contributed by atoms with Crippen LogP contribution in [0.3, 0.4) is 0 Å². The molecule has 0 aliphatic rings. The molecule has 2 rings (SSSR count). The van der Waals surface area contributed by atoms with Gasteiger partial charge in [0.05, 0.1) is 12.1 Å². The van der Waals surface area contributed by atoms with Gasteiger partial charge in [-0.25, -0.2) is 0 Å². The van der Waals surface area contributed by atoms with Crippen LogP contribution >= 0.6 is 55.1 Å². The van der Waals surface area contributed by atoms with Gasteiger partial charge in [-0.1, -0.05) is 45.2 Å². The van der Waals surface area contributed by atoms with E-state index >= 15 is 0 Å². The van der Waals surface area contributed by atoms with Gasteiger partial charge in [0.2, 0.25) is 5.91 Å². The minimum absolute atomic E-state index is 0.126. The molecule has 0 aromatic heterocycles. The monoisotopic (exact) mass is 435 g/mol. The summed E-state index contributed by atoms with van der Waals surface area (Å²) in [7, 11) is 0. The standard InChI is InChI=1S/C14H9Br2Cl2NO/c15-8-4-5-13(10(16)6-8)19-14(20)7-9-11(17)2-1-3-12(9)18/h1-6H,7H2,(H,19,20). The molecule has 2 nitrogen and oxygen atoms in total. The molecular weight excluding hydrogens is 429 g/mol. The van der Waals surface area contributed by atoms with Gasteiger partial charge < -0.3 is 5.32 Å². The van der Waals surface area contributed by atoms with Crippen LogP contribution in [0, 0.1) is 0 Å². The lowest BCUT2D eigenvalue weighted by Gasteiger charge is -2.09. The molecule has 0 saturated carbocycles. The topological polar surface area (TPSA) is 29.1 Å². The number of carbonyl (C=O) groups is 1. The summed E-state index contributed by atoms with van der Waals surface area (Å²) in [4.78, 5) is 12.1. The van der Waals surface area contributed by atoms with E-state index in [4.69, 9.17) is 23.2 Å². The highest BCUT2D eigenvalue weighted by atomic mass is 79.9. The minimum Gasteiger partial charge on any atom is -0.325 e. The van der Waals surface area contributed by atoms with Gasteiger partial charge >= 0.3 is 0 Å². The van der Waals surface area contributed by atoms with Gasteiger partial charge in [0.1, 0.15) is 0 Å². The van der Waals surface area contributed by atoms with Crippen molar-refractivity contribution in [3.8, 4) is 0 Å². The van der Waals surface area contributed by atoms with E-state index in [-0.39, 0.29) is 12.3 Å². The highest BCUT2D eigenvalue weighted by Gasteiger charge is 2.12. The number of anilines is 1. The fourth-order valence-electron chi connectivity index (χ4n) is 1.65. The number of hydrogen-bond donors (Lipinski definition) is 1. The Morgan fingerprint density at radius 1 is 1.10 bits per heavy atom. The van der Waals surface area contributed by atoms with Gasteiger partial charge in [0, 0.05) is 19.0 Å². The number of nitrogens with one attached hydrogen (secondary N) is 1. The minimum atomic E-state index is -0.178. The Hall–Kier alpha value is -0.550. The molecule has 0 saturated heterocycles. The summed E-state index contributed by atoms with van der Waals surface area (Å²) in [6, 6.07) is 10.7. The first-order chi connectivity index (χ1) is 9.47. The summed E-state index contributed by atoms with van der Waals surface area (Å²) in [5.41, 5.74) is 1.32. The van der Waals surface area contributed by atoms with Gasteiger partial charge in [0.25, 0.3) is 0 Å². The predicted molar refractivity (Wildman–Crippen MR) is 90.6 cm³/mol. The number of benzene rings is 2. The normalized spacial score (nSPS) is 10.4.